The summed E-state index contributed by atoms with van der Waals surface area (Å²) in [6.45, 7) is 0. The highest BCUT2D eigenvalue weighted by atomic mass is 32.2. The predicted octanol–water partition coefficient (Wildman–Crippen LogP) is 1.66. The molecule has 0 radical (unpaired) electrons. The molecule has 18 heavy (non-hydrogen) atoms. The van der Waals surface area contributed by atoms with Gasteiger partial charge in [-0.05, 0) is 24.0 Å². The van der Waals surface area contributed by atoms with Gasteiger partial charge in [0.05, 0.1) is 0 Å². The Morgan fingerprint density at radius 1 is 1.17 bits per heavy atom. The van der Waals surface area contributed by atoms with Crippen LogP contribution in [0.15, 0.2) is 29.3 Å². The van der Waals surface area contributed by atoms with Crippen LogP contribution in [0.2, 0.25) is 0 Å². The smallest absolute Gasteiger partial charge is 0.223 e. The first-order chi connectivity index (χ1) is 8.60. The third-order valence-corrected chi connectivity index (χ3v) is 3.25. The normalized spacial score (nSPS) is 10.5. The van der Waals surface area contributed by atoms with Crippen molar-refractivity contribution in [1.82, 2.24) is 9.97 Å². The number of nitrogens with two attached hydrogens (primary N) is 2. The Hall–Kier alpha value is -1.95. The van der Waals surface area contributed by atoms with E-state index in [1.807, 2.05) is 18.4 Å². The van der Waals surface area contributed by atoms with Crippen LogP contribution in [-0.4, -0.2) is 21.3 Å². The number of hydrogen-bond acceptors (Lipinski definition) is 6. The number of anilines is 2. The van der Waals surface area contributed by atoms with Crippen LogP contribution in [0.1, 0.15) is 11.1 Å². The first kappa shape index (κ1) is 12.5. The molecular formula is C12H14N4OS. The SMILES string of the molecule is CSc1nc(N)nc(N)c1Cc1ccc(O)cc1. The van der Waals surface area contributed by atoms with Crippen LogP contribution in [0, 0.1) is 0 Å². The maximum absolute atomic E-state index is 9.24. The van der Waals surface area contributed by atoms with Crippen molar-refractivity contribution in [1.29, 1.82) is 0 Å². The number of rotatable bonds is 3. The summed E-state index contributed by atoms with van der Waals surface area (Å²) >= 11 is 1.49. The third-order valence-electron chi connectivity index (χ3n) is 2.53. The lowest BCUT2D eigenvalue weighted by Gasteiger charge is -2.10. The van der Waals surface area contributed by atoms with Gasteiger partial charge in [0, 0.05) is 12.0 Å². The van der Waals surface area contributed by atoms with Gasteiger partial charge in [-0.2, -0.15) is 4.98 Å². The van der Waals surface area contributed by atoms with Crippen molar-refractivity contribution in [3.63, 3.8) is 0 Å². The molecule has 2 rings (SSSR count). The zero-order valence-corrected chi connectivity index (χ0v) is 10.7. The summed E-state index contributed by atoms with van der Waals surface area (Å²) in [5.41, 5.74) is 13.3. The van der Waals surface area contributed by atoms with E-state index in [-0.39, 0.29) is 11.7 Å². The summed E-state index contributed by atoms with van der Waals surface area (Å²) in [7, 11) is 0. The van der Waals surface area contributed by atoms with E-state index in [0.29, 0.717) is 12.2 Å². The van der Waals surface area contributed by atoms with Crippen molar-refractivity contribution in [3.05, 3.63) is 35.4 Å². The minimum absolute atomic E-state index is 0.186. The van der Waals surface area contributed by atoms with Gasteiger partial charge < -0.3 is 16.6 Å². The number of aromatic hydroxyl groups is 1. The Labute approximate surface area is 109 Å². The number of phenols is 1. The zero-order valence-electron chi connectivity index (χ0n) is 9.92. The Balaban J connectivity index is 2.36. The number of hydrogen-bond donors (Lipinski definition) is 3. The van der Waals surface area contributed by atoms with Crippen LogP contribution in [0.5, 0.6) is 5.75 Å². The van der Waals surface area contributed by atoms with Gasteiger partial charge >= 0.3 is 0 Å². The average molecular weight is 262 g/mol. The summed E-state index contributed by atoms with van der Waals surface area (Å²) in [6.07, 6.45) is 2.53. The monoisotopic (exact) mass is 262 g/mol. The Morgan fingerprint density at radius 2 is 1.83 bits per heavy atom. The predicted molar refractivity (Wildman–Crippen MR) is 73.6 cm³/mol. The van der Waals surface area contributed by atoms with Gasteiger partial charge in [0.15, 0.2) is 0 Å². The number of benzene rings is 1. The number of phenolic OH excluding ortho intramolecular Hbond substituents is 1. The van der Waals surface area contributed by atoms with E-state index in [2.05, 4.69) is 9.97 Å². The van der Waals surface area contributed by atoms with Crippen molar-refractivity contribution in [2.45, 2.75) is 11.4 Å². The maximum Gasteiger partial charge on any atom is 0.223 e. The van der Waals surface area contributed by atoms with Crippen molar-refractivity contribution in [3.8, 4) is 5.75 Å². The number of nitrogens with zero attached hydrogens (tertiary/aromatic N) is 2. The topological polar surface area (TPSA) is 98.0 Å². The molecule has 94 valence electrons. The van der Waals surface area contributed by atoms with Gasteiger partial charge in [-0.3, -0.25) is 0 Å². The molecule has 0 saturated heterocycles. The molecule has 0 unspecified atom stereocenters. The Bertz CT molecular complexity index is 557. The molecule has 5 N–H and O–H groups in total. The van der Waals surface area contributed by atoms with E-state index in [1.165, 1.54) is 11.8 Å². The minimum atomic E-state index is 0.186. The van der Waals surface area contributed by atoms with Crippen LogP contribution in [-0.2, 0) is 6.42 Å². The molecule has 5 nitrogen and oxygen atoms in total. The van der Waals surface area contributed by atoms with E-state index in [9.17, 15) is 5.11 Å². The Kier molecular flexibility index (Phi) is 3.57. The van der Waals surface area contributed by atoms with E-state index in [0.717, 1.165) is 16.2 Å². The fraction of sp³-hybridized carbons (Fsp3) is 0.167. The minimum Gasteiger partial charge on any atom is -0.508 e. The van der Waals surface area contributed by atoms with E-state index < -0.39 is 0 Å². The molecule has 0 amide bonds. The standard InChI is InChI=1S/C12H14N4OS/c1-18-11-9(10(13)15-12(14)16-11)6-7-2-4-8(17)5-3-7/h2-5,17H,6H2,1H3,(H4,13,14,15,16). The molecule has 0 bridgehead atoms. The fourth-order valence-corrected chi connectivity index (χ4v) is 2.26. The fourth-order valence-electron chi connectivity index (χ4n) is 1.65. The zero-order chi connectivity index (χ0) is 13.1. The lowest BCUT2D eigenvalue weighted by atomic mass is 10.1. The van der Waals surface area contributed by atoms with Crippen molar-refractivity contribution < 1.29 is 5.11 Å². The molecule has 6 heteroatoms. The highest BCUT2D eigenvalue weighted by Crippen LogP contribution is 2.26. The molecular weight excluding hydrogens is 248 g/mol. The number of thioether (sulfide) groups is 1. The number of nitrogen functional groups attached to an aromatic ring is 2. The van der Waals surface area contributed by atoms with E-state index >= 15 is 0 Å². The molecule has 0 aliphatic heterocycles. The molecule has 0 aliphatic rings. The highest BCUT2D eigenvalue weighted by molar-refractivity contribution is 7.98. The van der Waals surface area contributed by atoms with E-state index in [4.69, 9.17) is 11.5 Å². The molecule has 1 aromatic carbocycles. The number of aromatic nitrogens is 2. The summed E-state index contributed by atoms with van der Waals surface area (Å²) in [5, 5.41) is 10.0. The van der Waals surface area contributed by atoms with Gasteiger partial charge in [-0.15, -0.1) is 11.8 Å². The molecule has 1 aromatic heterocycles. The van der Waals surface area contributed by atoms with Gasteiger partial charge in [0.2, 0.25) is 5.95 Å². The Morgan fingerprint density at radius 3 is 2.44 bits per heavy atom. The van der Waals surface area contributed by atoms with Crippen LogP contribution in [0.3, 0.4) is 0 Å². The summed E-state index contributed by atoms with van der Waals surface area (Å²) in [6, 6.07) is 6.97. The van der Waals surface area contributed by atoms with E-state index in [1.54, 1.807) is 12.1 Å². The quantitative estimate of drug-likeness (QED) is 0.575. The molecule has 0 saturated carbocycles. The first-order valence-electron chi connectivity index (χ1n) is 5.34. The molecule has 2 aromatic rings. The maximum atomic E-state index is 9.24. The molecule has 0 atom stereocenters. The van der Waals surface area contributed by atoms with Gasteiger partial charge in [-0.25, -0.2) is 4.98 Å². The lowest BCUT2D eigenvalue weighted by molar-refractivity contribution is 0.475. The van der Waals surface area contributed by atoms with Crippen molar-refractivity contribution in [2.75, 3.05) is 17.7 Å². The lowest BCUT2D eigenvalue weighted by Crippen LogP contribution is -2.06. The molecule has 0 aliphatic carbocycles. The second kappa shape index (κ2) is 5.14. The van der Waals surface area contributed by atoms with Gasteiger partial charge in [-0.1, -0.05) is 12.1 Å². The van der Waals surface area contributed by atoms with Crippen LogP contribution in [0.25, 0.3) is 0 Å². The van der Waals surface area contributed by atoms with Crippen LogP contribution in [0.4, 0.5) is 11.8 Å². The second-order valence-electron chi connectivity index (χ2n) is 3.80. The largest absolute Gasteiger partial charge is 0.508 e. The molecule has 0 fully saturated rings. The van der Waals surface area contributed by atoms with Crippen molar-refractivity contribution in [2.24, 2.45) is 0 Å². The molecule has 1 heterocycles. The van der Waals surface area contributed by atoms with Crippen LogP contribution < -0.4 is 11.5 Å². The van der Waals surface area contributed by atoms with Crippen molar-refractivity contribution >= 4 is 23.5 Å². The van der Waals surface area contributed by atoms with Crippen LogP contribution >= 0.6 is 11.8 Å². The summed E-state index contributed by atoms with van der Waals surface area (Å²) < 4.78 is 0. The first-order valence-corrected chi connectivity index (χ1v) is 6.56. The highest BCUT2D eigenvalue weighted by Gasteiger charge is 2.11. The van der Waals surface area contributed by atoms with Gasteiger partial charge in [0.1, 0.15) is 16.6 Å². The van der Waals surface area contributed by atoms with Gasteiger partial charge in [0.25, 0.3) is 0 Å². The second-order valence-corrected chi connectivity index (χ2v) is 4.59. The summed E-state index contributed by atoms with van der Waals surface area (Å²) in [4.78, 5) is 8.14. The average Bonchev–Trinajstić information content (AvgIpc) is 2.34. The third kappa shape index (κ3) is 2.65. The summed E-state index contributed by atoms with van der Waals surface area (Å²) in [5.74, 6) is 0.830. The molecule has 0 spiro atoms.